The highest BCUT2D eigenvalue weighted by Crippen LogP contribution is 2.28. The first-order valence-corrected chi connectivity index (χ1v) is 10.8. The van der Waals surface area contributed by atoms with Crippen molar-refractivity contribution in [3.63, 3.8) is 0 Å². The van der Waals surface area contributed by atoms with E-state index in [1.165, 1.54) is 21.7 Å². The fraction of sp³-hybridized carbons (Fsp3) is 0.292. The van der Waals surface area contributed by atoms with Gasteiger partial charge in [0.15, 0.2) is 0 Å². The Morgan fingerprint density at radius 1 is 0.893 bits per heavy atom. The van der Waals surface area contributed by atoms with Crippen LogP contribution in [0.5, 0.6) is 0 Å². The molecule has 28 heavy (non-hydrogen) atoms. The first-order chi connectivity index (χ1) is 13.5. The molecule has 0 radical (unpaired) electrons. The average molecular weight is 388 g/mol. The van der Waals surface area contributed by atoms with Crippen LogP contribution < -0.4 is 0 Å². The molecule has 0 aliphatic rings. The van der Waals surface area contributed by atoms with Gasteiger partial charge in [-0.3, -0.25) is 15.0 Å². The molecule has 0 spiro atoms. The lowest BCUT2D eigenvalue weighted by molar-refractivity contribution is 0.575. The number of hydrogen-bond acceptors (Lipinski definition) is 4. The highest BCUT2D eigenvalue weighted by Gasteiger charge is 2.18. The summed E-state index contributed by atoms with van der Waals surface area (Å²) in [6.45, 7) is 6.59. The summed E-state index contributed by atoms with van der Waals surface area (Å²) in [6.07, 6.45) is 8.69. The molecule has 4 heteroatoms. The zero-order valence-corrected chi connectivity index (χ0v) is 17.5. The van der Waals surface area contributed by atoms with Gasteiger partial charge in [0.25, 0.3) is 0 Å². The van der Waals surface area contributed by atoms with Crippen LogP contribution in [0.3, 0.4) is 0 Å². The predicted octanol–water partition coefficient (Wildman–Crippen LogP) is 5.95. The number of fused-ring (bicyclic) bond motifs is 2. The Kier molecular flexibility index (Phi) is 5.31. The molecule has 1 aromatic carbocycles. The van der Waals surface area contributed by atoms with Gasteiger partial charge in [-0.15, -0.1) is 0 Å². The lowest BCUT2D eigenvalue weighted by atomic mass is 9.89. The molecule has 0 saturated carbocycles. The second-order valence-corrected chi connectivity index (χ2v) is 9.23. The Morgan fingerprint density at radius 2 is 1.79 bits per heavy atom. The van der Waals surface area contributed by atoms with Crippen molar-refractivity contribution in [1.82, 2.24) is 15.0 Å². The number of hydrogen-bond donors (Lipinski definition) is 0. The number of aryl methyl sites for hydroxylation is 1. The number of pyridine rings is 3. The molecule has 0 aliphatic heterocycles. The molecule has 0 aliphatic carbocycles. The van der Waals surface area contributed by atoms with E-state index < -0.39 is 0 Å². The molecule has 0 amide bonds. The molecule has 142 valence electrons. The summed E-state index contributed by atoms with van der Waals surface area (Å²) in [7, 11) is 0. The molecule has 3 heterocycles. The number of aromatic nitrogens is 3. The topological polar surface area (TPSA) is 38.7 Å². The number of nitrogens with zero attached hydrogens (tertiary/aromatic N) is 3. The maximum absolute atomic E-state index is 4.71. The van der Waals surface area contributed by atoms with Crippen molar-refractivity contribution in [3.05, 3.63) is 78.1 Å². The first kappa shape index (κ1) is 18.9. The zero-order chi connectivity index (χ0) is 19.6. The Labute approximate surface area is 170 Å². The predicted molar refractivity (Wildman–Crippen MR) is 120 cm³/mol. The van der Waals surface area contributed by atoms with E-state index >= 15 is 0 Å². The van der Waals surface area contributed by atoms with Gasteiger partial charge >= 0.3 is 0 Å². The van der Waals surface area contributed by atoms with Crippen LogP contribution in [0.2, 0.25) is 0 Å². The third-order valence-corrected chi connectivity index (χ3v) is 5.95. The lowest BCUT2D eigenvalue weighted by Gasteiger charge is -2.19. The van der Waals surface area contributed by atoms with Crippen LogP contribution in [0.25, 0.3) is 21.5 Å². The summed E-state index contributed by atoms with van der Waals surface area (Å²) in [5.74, 6) is 2.06. The van der Waals surface area contributed by atoms with Gasteiger partial charge in [0.05, 0.1) is 5.69 Å². The maximum Gasteiger partial charge on any atom is 0.0550 e. The molecule has 0 unspecified atom stereocenters. The molecule has 4 aromatic rings. The highest BCUT2D eigenvalue weighted by atomic mass is 32.2. The van der Waals surface area contributed by atoms with Crippen molar-refractivity contribution in [2.24, 2.45) is 0 Å². The molecule has 3 aromatic heterocycles. The smallest absolute Gasteiger partial charge is 0.0550 e. The van der Waals surface area contributed by atoms with Crippen molar-refractivity contribution in [1.29, 1.82) is 0 Å². The van der Waals surface area contributed by atoms with Crippen LogP contribution in [-0.4, -0.2) is 20.7 Å². The van der Waals surface area contributed by atoms with E-state index in [2.05, 4.69) is 67.1 Å². The van der Waals surface area contributed by atoms with Crippen LogP contribution in [-0.2, 0) is 17.6 Å². The minimum atomic E-state index is 0.0204. The van der Waals surface area contributed by atoms with Crippen LogP contribution in [0.4, 0.5) is 0 Å². The standard InChI is InChI=1S/C24H25N3S/c1-24(2,3)23-22-15-27-20(13-17(22)7-11-26-23)9-12-28-16-19-6-4-5-18-14-25-10-8-21(18)19/h4-8,10-11,13-15H,9,12,16H2,1-3H3. The normalized spacial score (nSPS) is 12.0. The highest BCUT2D eigenvalue weighted by molar-refractivity contribution is 7.98. The average Bonchev–Trinajstić information content (AvgIpc) is 2.70. The van der Waals surface area contributed by atoms with Gasteiger partial charge in [-0.05, 0) is 46.7 Å². The van der Waals surface area contributed by atoms with Crippen LogP contribution in [0.15, 0.2) is 61.2 Å². The van der Waals surface area contributed by atoms with Crippen molar-refractivity contribution in [2.45, 2.75) is 38.4 Å². The van der Waals surface area contributed by atoms with E-state index in [4.69, 9.17) is 4.98 Å². The van der Waals surface area contributed by atoms with E-state index in [-0.39, 0.29) is 5.41 Å². The van der Waals surface area contributed by atoms with Crippen LogP contribution in [0, 0.1) is 0 Å². The molecule has 0 N–H and O–H groups in total. The summed E-state index contributed by atoms with van der Waals surface area (Å²) in [5, 5.41) is 4.91. The number of benzene rings is 1. The van der Waals surface area contributed by atoms with Crippen LogP contribution in [0.1, 0.15) is 37.7 Å². The molecule has 0 atom stereocenters. The summed E-state index contributed by atoms with van der Waals surface area (Å²) in [5.41, 5.74) is 3.65. The summed E-state index contributed by atoms with van der Waals surface area (Å²) in [6, 6.07) is 12.9. The summed E-state index contributed by atoms with van der Waals surface area (Å²) < 4.78 is 0. The van der Waals surface area contributed by atoms with Crippen molar-refractivity contribution >= 4 is 33.3 Å². The van der Waals surface area contributed by atoms with Gasteiger partial charge in [0.2, 0.25) is 0 Å². The molecule has 0 fully saturated rings. The number of thioether (sulfide) groups is 1. The minimum Gasteiger partial charge on any atom is -0.264 e. The van der Waals surface area contributed by atoms with Crippen molar-refractivity contribution in [2.75, 3.05) is 5.75 Å². The second kappa shape index (κ2) is 7.88. The quantitative estimate of drug-likeness (QED) is 0.397. The minimum absolute atomic E-state index is 0.0204. The molecular weight excluding hydrogens is 362 g/mol. The first-order valence-electron chi connectivity index (χ1n) is 9.66. The van der Waals surface area contributed by atoms with E-state index in [9.17, 15) is 0 Å². The molecule has 0 bridgehead atoms. The number of rotatable bonds is 5. The molecular formula is C24H25N3S. The monoisotopic (exact) mass is 387 g/mol. The zero-order valence-electron chi connectivity index (χ0n) is 16.6. The van der Waals surface area contributed by atoms with E-state index in [1.54, 1.807) is 0 Å². The van der Waals surface area contributed by atoms with Crippen LogP contribution >= 0.6 is 11.8 Å². The molecule has 3 nitrogen and oxygen atoms in total. The Bertz CT molecular complexity index is 1110. The van der Waals surface area contributed by atoms with E-state index in [0.717, 1.165) is 34.7 Å². The van der Waals surface area contributed by atoms with Gasteiger partial charge in [0.1, 0.15) is 0 Å². The van der Waals surface area contributed by atoms with Gasteiger partial charge in [-0.1, -0.05) is 39.0 Å². The second-order valence-electron chi connectivity index (χ2n) is 8.12. The SMILES string of the molecule is CC(C)(C)c1nccc2cc(CCSCc3cccc4cnccc34)ncc12. The lowest BCUT2D eigenvalue weighted by Crippen LogP contribution is -2.14. The van der Waals surface area contributed by atoms with E-state index in [1.807, 2.05) is 36.5 Å². The van der Waals surface area contributed by atoms with Gasteiger partial charge in [-0.25, -0.2) is 0 Å². The third-order valence-electron chi connectivity index (χ3n) is 4.95. The summed E-state index contributed by atoms with van der Waals surface area (Å²) in [4.78, 5) is 13.5. The van der Waals surface area contributed by atoms with Gasteiger partial charge < -0.3 is 0 Å². The Hall–Kier alpha value is -2.46. The van der Waals surface area contributed by atoms with Gasteiger partial charge in [-0.2, -0.15) is 11.8 Å². The van der Waals surface area contributed by atoms with Gasteiger partial charge in [0, 0.05) is 52.4 Å². The Balaban J connectivity index is 1.43. The molecule has 4 rings (SSSR count). The fourth-order valence-electron chi connectivity index (χ4n) is 3.52. The molecule has 0 saturated heterocycles. The Morgan fingerprint density at radius 3 is 2.64 bits per heavy atom. The summed E-state index contributed by atoms with van der Waals surface area (Å²) >= 11 is 1.96. The maximum atomic E-state index is 4.71. The fourth-order valence-corrected chi connectivity index (χ4v) is 4.49. The van der Waals surface area contributed by atoms with E-state index in [0.29, 0.717) is 0 Å². The third kappa shape index (κ3) is 4.02. The van der Waals surface area contributed by atoms with Crippen molar-refractivity contribution in [3.8, 4) is 0 Å². The largest absolute Gasteiger partial charge is 0.264 e. The van der Waals surface area contributed by atoms with Crippen molar-refractivity contribution < 1.29 is 0 Å².